The average Bonchev–Trinajstić information content (AvgIpc) is 3.29. The standard InChI is InChI=1S/C25H35N3O5/c1-3-6-23(29)27-17-9-12-21-19(13-17)25(31)28(2)20-11-10-18(33-22(20)15-32-21)14-24(30)26-16-7-4-5-8-16/h9,12-13,16,18,20,22H,3-8,10-11,14-15H2,1-2H3,(H,26,30)(H,27,29)/t18-,20-,22+/m0/s1. The van der Waals surface area contributed by atoms with Gasteiger partial charge < -0.3 is 25.0 Å². The highest BCUT2D eigenvalue weighted by Gasteiger charge is 2.39. The molecule has 2 aliphatic heterocycles. The van der Waals surface area contributed by atoms with E-state index in [2.05, 4.69) is 10.6 Å². The average molecular weight is 458 g/mol. The van der Waals surface area contributed by atoms with Gasteiger partial charge in [-0.25, -0.2) is 0 Å². The normalized spacial score (nSPS) is 25.3. The number of likely N-dealkylation sites (N-methyl/N-ethyl adjacent to an activating group) is 1. The smallest absolute Gasteiger partial charge is 0.257 e. The Bertz CT molecular complexity index is 883. The van der Waals surface area contributed by atoms with Crippen LogP contribution in [0.3, 0.4) is 0 Å². The third-order valence-electron chi connectivity index (χ3n) is 6.91. The zero-order valence-corrected chi connectivity index (χ0v) is 19.6. The summed E-state index contributed by atoms with van der Waals surface area (Å²) in [4.78, 5) is 39.4. The molecule has 0 unspecified atom stereocenters. The zero-order chi connectivity index (χ0) is 23.4. The van der Waals surface area contributed by atoms with Gasteiger partial charge in [0, 0.05) is 25.2 Å². The Balaban J connectivity index is 1.41. The van der Waals surface area contributed by atoms with Gasteiger partial charge in [-0.15, -0.1) is 0 Å². The number of benzene rings is 1. The van der Waals surface area contributed by atoms with Gasteiger partial charge in [-0.1, -0.05) is 19.8 Å². The van der Waals surface area contributed by atoms with Gasteiger partial charge in [0.05, 0.1) is 24.1 Å². The second kappa shape index (κ2) is 10.5. The maximum Gasteiger partial charge on any atom is 0.257 e. The van der Waals surface area contributed by atoms with Crippen LogP contribution in [-0.2, 0) is 14.3 Å². The number of fused-ring (bicyclic) bond motifs is 2. The number of nitrogens with one attached hydrogen (secondary N) is 2. The molecule has 1 aromatic rings. The van der Waals surface area contributed by atoms with Crippen molar-refractivity contribution in [3.63, 3.8) is 0 Å². The molecule has 8 heteroatoms. The predicted octanol–water partition coefficient (Wildman–Crippen LogP) is 3.25. The second-order valence-corrected chi connectivity index (χ2v) is 9.43. The molecule has 1 saturated carbocycles. The molecule has 3 aliphatic rings. The van der Waals surface area contributed by atoms with Gasteiger partial charge in [0.25, 0.3) is 5.91 Å². The molecule has 2 fully saturated rings. The topological polar surface area (TPSA) is 97.0 Å². The molecule has 0 radical (unpaired) electrons. The number of ether oxygens (including phenoxy) is 2. The van der Waals surface area contributed by atoms with Crippen molar-refractivity contribution in [3.05, 3.63) is 23.8 Å². The van der Waals surface area contributed by atoms with Crippen LogP contribution in [0, 0.1) is 0 Å². The number of hydrogen-bond acceptors (Lipinski definition) is 5. The summed E-state index contributed by atoms with van der Waals surface area (Å²) in [7, 11) is 1.79. The third-order valence-corrected chi connectivity index (χ3v) is 6.91. The van der Waals surface area contributed by atoms with E-state index in [1.807, 2.05) is 6.92 Å². The van der Waals surface area contributed by atoms with E-state index in [-0.39, 0.29) is 36.0 Å². The first-order valence-electron chi connectivity index (χ1n) is 12.2. The molecule has 2 N–H and O–H groups in total. The Morgan fingerprint density at radius 2 is 1.91 bits per heavy atom. The first-order valence-corrected chi connectivity index (χ1v) is 12.2. The molecule has 33 heavy (non-hydrogen) atoms. The van der Waals surface area contributed by atoms with Gasteiger partial charge >= 0.3 is 0 Å². The summed E-state index contributed by atoms with van der Waals surface area (Å²) in [6.45, 7) is 2.25. The molecule has 0 bridgehead atoms. The molecule has 180 valence electrons. The van der Waals surface area contributed by atoms with Crippen LogP contribution in [0.15, 0.2) is 18.2 Å². The van der Waals surface area contributed by atoms with Crippen LogP contribution in [0.4, 0.5) is 5.69 Å². The van der Waals surface area contributed by atoms with Crippen LogP contribution in [0.2, 0.25) is 0 Å². The third kappa shape index (κ3) is 5.66. The lowest BCUT2D eigenvalue weighted by atomic mass is 9.94. The first-order chi connectivity index (χ1) is 15.9. The maximum atomic E-state index is 13.3. The Morgan fingerprint density at radius 3 is 2.67 bits per heavy atom. The molecule has 0 spiro atoms. The summed E-state index contributed by atoms with van der Waals surface area (Å²) in [6, 6.07) is 5.32. The summed E-state index contributed by atoms with van der Waals surface area (Å²) in [6.07, 6.45) is 7.02. The van der Waals surface area contributed by atoms with Gasteiger partial charge in [-0.3, -0.25) is 14.4 Å². The quantitative estimate of drug-likeness (QED) is 0.684. The van der Waals surface area contributed by atoms with Crippen molar-refractivity contribution in [2.24, 2.45) is 0 Å². The van der Waals surface area contributed by atoms with E-state index in [4.69, 9.17) is 9.47 Å². The fraction of sp³-hybridized carbons (Fsp3) is 0.640. The highest BCUT2D eigenvalue weighted by molar-refractivity contribution is 5.99. The lowest BCUT2D eigenvalue weighted by molar-refractivity contribution is -0.134. The van der Waals surface area contributed by atoms with Crippen LogP contribution in [0.1, 0.15) is 75.1 Å². The van der Waals surface area contributed by atoms with Crippen LogP contribution in [-0.4, -0.2) is 60.6 Å². The van der Waals surface area contributed by atoms with Crippen molar-refractivity contribution in [2.75, 3.05) is 19.0 Å². The largest absolute Gasteiger partial charge is 0.490 e. The van der Waals surface area contributed by atoms with Crippen LogP contribution in [0.25, 0.3) is 0 Å². The summed E-state index contributed by atoms with van der Waals surface area (Å²) < 4.78 is 12.3. The van der Waals surface area contributed by atoms with Crippen LogP contribution < -0.4 is 15.4 Å². The first kappa shape index (κ1) is 23.5. The summed E-state index contributed by atoms with van der Waals surface area (Å²) >= 11 is 0. The molecule has 1 saturated heterocycles. The van der Waals surface area contributed by atoms with Crippen molar-refractivity contribution in [3.8, 4) is 5.75 Å². The fourth-order valence-electron chi connectivity index (χ4n) is 5.12. The number of carbonyl (C=O) groups excluding carboxylic acids is 3. The van der Waals surface area contributed by atoms with Gasteiger partial charge in [-0.2, -0.15) is 0 Å². The SMILES string of the molecule is CCCC(=O)Nc1ccc2c(c1)C(=O)N(C)[C@H]1CC[C@@H](CC(=O)NC3CCCC3)O[C@@H]1CO2. The molecule has 1 aromatic carbocycles. The van der Waals surface area contributed by atoms with Gasteiger partial charge in [-0.05, 0) is 50.3 Å². The Hall–Kier alpha value is -2.61. The fourth-order valence-corrected chi connectivity index (χ4v) is 5.12. The van der Waals surface area contributed by atoms with Crippen molar-refractivity contribution in [2.45, 2.75) is 89.0 Å². The zero-order valence-electron chi connectivity index (χ0n) is 19.6. The highest BCUT2D eigenvalue weighted by Crippen LogP contribution is 2.32. The number of hydrogen-bond donors (Lipinski definition) is 2. The van der Waals surface area contributed by atoms with E-state index in [9.17, 15) is 14.4 Å². The number of nitrogens with zero attached hydrogens (tertiary/aromatic N) is 1. The van der Waals surface area contributed by atoms with E-state index in [1.165, 1.54) is 12.8 Å². The van der Waals surface area contributed by atoms with Gasteiger partial charge in [0.15, 0.2) is 0 Å². The molecular formula is C25H35N3O5. The number of amides is 3. The molecule has 3 atom stereocenters. The lowest BCUT2D eigenvalue weighted by Crippen LogP contribution is -2.54. The Labute approximate surface area is 195 Å². The highest BCUT2D eigenvalue weighted by atomic mass is 16.5. The summed E-state index contributed by atoms with van der Waals surface area (Å²) in [5.41, 5.74) is 1.02. The van der Waals surface area contributed by atoms with Crippen molar-refractivity contribution < 1.29 is 23.9 Å². The Kier molecular flexibility index (Phi) is 7.53. The predicted molar refractivity (Wildman–Crippen MR) is 124 cm³/mol. The van der Waals surface area contributed by atoms with E-state index in [0.717, 1.165) is 32.1 Å². The number of carbonyl (C=O) groups is 3. The minimum Gasteiger partial charge on any atom is -0.490 e. The van der Waals surface area contributed by atoms with E-state index < -0.39 is 0 Å². The van der Waals surface area contributed by atoms with E-state index >= 15 is 0 Å². The monoisotopic (exact) mass is 457 g/mol. The van der Waals surface area contributed by atoms with Crippen molar-refractivity contribution in [1.29, 1.82) is 0 Å². The van der Waals surface area contributed by atoms with Crippen molar-refractivity contribution in [1.82, 2.24) is 10.2 Å². The van der Waals surface area contributed by atoms with E-state index in [1.54, 1.807) is 30.1 Å². The van der Waals surface area contributed by atoms with Gasteiger partial charge in [0.1, 0.15) is 18.5 Å². The molecule has 2 heterocycles. The molecular weight excluding hydrogens is 422 g/mol. The molecule has 3 amide bonds. The summed E-state index contributed by atoms with van der Waals surface area (Å²) in [5.74, 6) is 0.286. The minimum atomic E-state index is -0.297. The second-order valence-electron chi connectivity index (χ2n) is 9.43. The molecule has 8 nitrogen and oxygen atoms in total. The van der Waals surface area contributed by atoms with E-state index in [0.29, 0.717) is 42.5 Å². The van der Waals surface area contributed by atoms with Crippen molar-refractivity contribution >= 4 is 23.4 Å². The molecule has 1 aliphatic carbocycles. The molecule has 0 aromatic heterocycles. The number of anilines is 1. The van der Waals surface area contributed by atoms with Gasteiger partial charge in [0.2, 0.25) is 11.8 Å². The number of rotatable bonds is 6. The Morgan fingerprint density at radius 1 is 1.12 bits per heavy atom. The molecule has 4 rings (SSSR count). The maximum absolute atomic E-state index is 13.3. The lowest BCUT2D eigenvalue weighted by Gasteiger charge is -2.42. The van der Waals surface area contributed by atoms with Crippen LogP contribution >= 0.6 is 0 Å². The van der Waals surface area contributed by atoms with Crippen LogP contribution in [0.5, 0.6) is 5.75 Å². The summed E-state index contributed by atoms with van der Waals surface area (Å²) in [5, 5.41) is 5.97. The minimum absolute atomic E-state index is 0.0459.